The van der Waals surface area contributed by atoms with Crippen LogP contribution in [0, 0.1) is 6.92 Å². The van der Waals surface area contributed by atoms with Crippen molar-refractivity contribution in [1.82, 2.24) is 15.2 Å². The van der Waals surface area contributed by atoms with Crippen LogP contribution in [-0.4, -0.2) is 52.3 Å². The fourth-order valence-electron chi connectivity index (χ4n) is 3.37. The van der Waals surface area contributed by atoms with Gasteiger partial charge in [-0.1, -0.05) is 36.9 Å². The second-order valence-corrected chi connectivity index (χ2v) is 7.90. The average Bonchev–Trinajstić information content (AvgIpc) is 3.31. The third-order valence-electron chi connectivity index (χ3n) is 4.92. The molecule has 0 aliphatic carbocycles. The summed E-state index contributed by atoms with van der Waals surface area (Å²) in [5.41, 5.74) is 4.85. The molecule has 1 aromatic carbocycles. The molecule has 1 aliphatic heterocycles. The van der Waals surface area contributed by atoms with E-state index in [1.54, 1.807) is 11.3 Å². The van der Waals surface area contributed by atoms with Crippen LogP contribution in [0.15, 0.2) is 42.4 Å². The number of aliphatic hydroxyl groups excluding tert-OH is 1. The summed E-state index contributed by atoms with van der Waals surface area (Å²) >= 11 is 1.59. The first-order valence-corrected chi connectivity index (χ1v) is 10.3. The van der Waals surface area contributed by atoms with Gasteiger partial charge < -0.3 is 15.2 Å². The number of aryl methyl sites for hydroxylation is 1. The van der Waals surface area contributed by atoms with E-state index in [0.717, 1.165) is 21.7 Å². The number of likely N-dealkylation sites (tertiary alicyclic amines) is 1. The van der Waals surface area contributed by atoms with Crippen molar-refractivity contribution in [2.45, 2.75) is 38.5 Å². The number of nitrogens with zero attached hydrogens (tertiary/aromatic N) is 2. The van der Waals surface area contributed by atoms with Crippen LogP contribution in [0.5, 0.6) is 0 Å². The lowest BCUT2D eigenvalue weighted by molar-refractivity contribution is -0.125. The maximum atomic E-state index is 12.8. The minimum Gasteiger partial charge on any atom is -0.445 e. The van der Waals surface area contributed by atoms with Gasteiger partial charge in [-0.3, -0.25) is 9.69 Å². The number of nitrogens with one attached hydrogen (secondary N) is 1. The molecule has 7 nitrogen and oxygen atoms in total. The van der Waals surface area contributed by atoms with Gasteiger partial charge in [0.25, 0.3) is 0 Å². The van der Waals surface area contributed by atoms with E-state index >= 15 is 0 Å². The molecule has 1 fully saturated rings. The highest BCUT2D eigenvalue weighted by Crippen LogP contribution is 2.28. The second-order valence-electron chi connectivity index (χ2n) is 7.04. The van der Waals surface area contributed by atoms with E-state index in [-0.39, 0.29) is 31.5 Å². The number of hydrogen-bond donors (Lipinski definition) is 2. The highest BCUT2D eigenvalue weighted by Gasteiger charge is 2.40. The molecule has 2 aromatic rings. The highest BCUT2D eigenvalue weighted by molar-refractivity contribution is 7.13. The Hall–Kier alpha value is -2.71. The molecule has 0 radical (unpaired) electrons. The molecular formula is C21H25N3O4S. The summed E-state index contributed by atoms with van der Waals surface area (Å²) in [6.45, 7) is 7.50. The van der Waals surface area contributed by atoms with Crippen LogP contribution in [0.25, 0.3) is 10.4 Å². The van der Waals surface area contributed by atoms with Crippen LogP contribution in [-0.2, 0) is 9.53 Å². The summed E-state index contributed by atoms with van der Waals surface area (Å²) in [7, 11) is 0. The molecule has 3 rings (SSSR count). The molecule has 1 aromatic heterocycles. The van der Waals surface area contributed by atoms with Gasteiger partial charge in [-0.25, -0.2) is 9.78 Å². The first-order valence-electron chi connectivity index (χ1n) is 9.43. The fourth-order valence-corrected chi connectivity index (χ4v) is 4.18. The Morgan fingerprint density at radius 1 is 1.45 bits per heavy atom. The van der Waals surface area contributed by atoms with Gasteiger partial charge in [0.05, 0.1) is 34.8 Å². The maximum Gasteiger partial charge on any atom is 0.410 e. The lowest BCUT2D eigenvalue weighted by Crippen LogP contribution is -2.46. The zero-order valence-corrected chi connectivity index (χ0v) is 17.3. The first kappa shape index (κ1) is 21.0. The lowest BCUT2D eigenvalue weighted by atomic mass is 10.0. The fraction of sp³-hybridized carbons (Fsp3) is 0.381. The van der Waals surface area contributed by atoms with E-state index in [9.17, 15) is 14.7 Å². The molecule has 8 heteroatoms. The van der Waals surface area contributed by atoms with E-state index in [1.165, 1.54) is 11.0 Å². The molecule has 2 N–H and O–H groups in total. The Morgan fingerprint density at radius 2 is 2.17 bits per heavy atom. The van der Waals surface area contributed by atoms with Crippen LogP contribution in [0.2, 0.25) is 0 Å². The molecule has 29 heavy (non-hydrogen) atoms. The SMILES string of the molecule is C=CCOC(=O)N1C[C@H](O)C[C@H]1C(=O)NC(C)c1ccc(-c2scnc2C)cc1. The predicted molar refractivity (Wildman–Crippen MR) is 112 cm³/mol. The number of hydrogen-bond acceptors (Lipinski definition) is 6. The monoisotopic (exact) mass is 415 g/mol. The number of ether oxygens (including phenoxy) is 1. The number of rotatable bonds is 6. The second kappa shape index (κ2) is 9.19. The largest absolute Gasteiger partial charge is 0.445 e. The van der Waals surface area contributed by atoms with Crippen LogP contribution in [0.3, 0.4) is 0 Å². The third-order valence-corrected chi connectivity index (χ3v) is 5.90. The van der Waals surface area contributed by atoms with Crippen LogP contribution in [0.4, 0.5) is 4.79 Å². The summed E-state index contributed by atoms with van der Waals surface area (Å²) < 4.78 is 5.03. The summed E-state index contributed by atoms with van der Waals surface area (Å²) in [4.78, 5) is 31.6. The number of benzene rings is 1. The molecule has 1 saturated heterocycles. The van der Waals surface area contributed by atoms with E-state index in [4.69, 9.17) is 4.74 Å². The Bertz CT molecular complexity index is 880. The third kappa shape index (κ3) is 4.83. The van der Waals surface area contributed by atoms with E-state index in [2.05, 4.69) is 16.9 Å². The molecule has 0 saturated carbocycles. The van der Waals surface area contributed by atoms with Gasteiger partial charge >= 0.3 is 6.09 Å². The van der Waals surface area contributed by atoms with Gasteiger partial charge in [-0.15, -0.1) is 11.3 Å². The van der Waals surface area contributed by atoms with Gasteiger partial charge in [-0.2, -0.15) is 0 Å². The topological polar surface area (TPSA) is 91.8 Å². The lowest BCUT2D eigenvalue weighted by Gasteiger charge is -2.24. The number of carbonyl (C=O) groups excluding carboxylic acids is 2. The molecule has 3 atom stereocenters. The Kier molecular flexibility index (Phi) is 6.66. The normalized spacial score (nSPS) is 19.6. The van der Waals surface area contributed by atoms with Gasteiger partial charge in [-0.05, 0) is 25.0 Å². The number of aliphatic hydroxyl groups is 1. The molecule has 1 unspecified atom stereocenters. The first-order chi connectivity index (χ1) is 13.9. The quantitative estimate of drug-likeness (QED) is 0.708. The molecule has 2 amide bonds. The van der Waals surface area contributed by atoms with Crippen molar-refractivity contribution in [3.63, 3.8) is 0 Å². The zero-order valence-electron chi connectivity index (χ0n) is 16.5. The number of β-amino-alcohol motifs (C(OH)–C–C–N with tert-alkyl or cyclic N) is 1. The summed E-state index contributed by atoms with van der Waals surface area (Å²) in [6.07, 6.45) is 0.266. The Labute approximate surface area is 174 Å². The number of carbonyl (C=O) groups is 2. The van der Waals surface area contributed by atoms with E-state index in [0.29, 0.717) is 0 Å². The molecular weight excluding hydrogens is 390 g/mol. The molecule has 1 aliphatic rings. The Morgan fingerprint density at radius 3 is 2.79 bits per heavy atom. The van der Waals surface area contributed by atoms with E-state index < -0.39 is 18.2 Å². The van der Waals surface area contributed by atoms with Crippen LogP contribution < -0.4 is 5.32 Å². The molecule has 0 bridgehead atoms. The van der Waals surface area contributed by atoms with Crippen molar-refractivity contribution in [2.24, 2.45) is 0 Å². The average molecular weight is 416 g/mol. The molecule has 154 valence electrons. The van der Waals surface area contributed by atoms with Gasteiger partial charge in [0, 0.05) is 6.42 Å². The minimum absolute atomic E-state index is 0.0573. The summed E-state index contributed by atoms with van der Waals surface area (Å²) in [6, 6.07) is 6.96. The summed E-state index contributed by atoms with van der Waals surface area (Å²) in [5.74, 6) is -0.313. The molecule has 2 heterocycles. The molecule has 0 spiro atoms. The van der Waals surface area contributed by atoms with Gasteiger partial charge in [0.1, 0.15) is 12.6 Å². The van der Waals surface area contributed by atoms with Crippen molar-refractivity contribution in [3.8, 4) is 10.4 Å². The zero-order chi connectivity index (χ0) is 21.0. The summed E-state index contributed by atoms with van der Waals surface area (Å²) in [5, 5.41) is 12.9. The number of aromatic nitrogens is 1. The smallest absolute Gasteiger partial charge is 0.410 e. The highest BCUT2D eigenvalue weighted by atomic mass is 32.1. The van der Waals surface area contributed by atoms with Gasteiger partial charge in [0.2, 0.25) is 5.91 Å². The van der Waals surface area contributed by atoms with E-state index in [1.807, 2.05) is 43.6 Å². The van der Waals surface area contributed by atoms with Crippen LogP contribution in [0.1, 0.15) is 30.6 Å². The minimum atomic E-state index is -0.760. The van der Waals surface area contributed by atoms with Gasteiger partial charge in [0.15, 0.2) is 0 Å². The maximum absolute atomic E-state index is 12.8. The number of amides is 2. The van der Waals surface area contributed by atoms with Crippen molar-refractivity contribution in [1.29, 1.82) is 0 Å². The number of thiazole rings is 1. The van der Waals surface area contributed by atoms with Crippen molar-refractivity contribution < 1.29 is 19.4 Å². The predicted octanol–water partition coefficient (Wildman–Crippen LogP) is 3.05. The van der Waals surface area contributed by atoms with Crippen molar-refractivity contribution in [3.05, 3.63) is 53.7 Å². The standard InChI is InChI=1S/C21H25N3O4S/c1-4-9-28-21(27)24-11-17(25)10-18(24)20(26)23-13(2)15-5-7-16(8-6-15)19-14(3)22-12-29-19/h4-8,12-13,17-18,25H,1,9-11H2,2-3H3,(H,23,26)/t13?,17-,18+/m1/s1. The van der Waals surface area contributed by atoms with Crippen molar-refractivity contribution in [2.75, 3.05) is 13.2 Å². The Balaban J connectivity index is 1.65. The van der Waals surface area contributed by atoms with Crippen LogP contribution >= 0.6 is 11.3 Å². The van der Waals surface area contributed by atoms with Crippen molar-refractivity contribution >= 4 is 23.3 Å².